The molecule has 0 aliphatic heterocycles. The lowest BCUT2D eigenvalue weighted by molar-refractivity contribution is 0.342. The Kier molecular flexibility index (Phi) is 3.55. The van der Waals surface area contributed by atoms with Gasteiger partial charge in [0.2, 0.25) is 0 Å². The molecule has 0 bridgehead atoms. The highest BCUT2D eigenvalue weighted by molar-refractivity contribution is 5.22. The van der Waals surface area contributed by atoms with Crippen LogP contribution in [0.2, 0.25) is 0 Å². The molecule has 0 aliphatic carbocycles. The lowest BCUT2D eigenvalue weighted by Gasteiger charge is -2.04. The summed E-state index contributed by atoms with van der Waals surface area (Å²) < 4.78 is 0. The summed E-state index contributed by atoms with van der Waals surface area (Å²) in [5.41, 5.74) is 1.28. The maximum absolute atomic E-state index is 8.58. The van der Waals surface area contributed by atoms with E-state index in [2.05, 4.69) is 19.1 Å². The quantitative estimate of drug-likeness (QED) is 0.676. The zero-order valence-electron chi connectivity index (χ0n) is 7.27. The number of hydrogen-bond acceptors (Lipinski definition) is 1. The van der Waals surface area contributed by atoms with E-state index in [9.17, 15) is 0 Å². The van der Waals surface area contributed by atoms with E-state index in [0.717, 1.165) is 0 Å². The second-order valence-corrected chi connectivity index (χ2v) is 2.81. The molecule has 64 valence electrons. The predicted molar refractivity (Wildman–Crippen MR) is 51.1 cm³/mol. The van der Waals surface area contributed by atoms with Crippen molar-refractivity contribution in [3.05, 3.63) is 48.0 Å². The first-order valence-corrected chi connectivity index (χ1v) is 4.17. The average molecular weight is 162 g/mol. The molecule has 1 nitrogen and oxygen atoms in total. The number of allylic oxidation sites excluding steroid dienone is 1. The average Bonchev–Trinajstić information content (AvgIpc) is 2.15. The normalized spacial score (nSPS) is 13.5. The molecule has 0 fully saturated rings. The monoisotopic (exact) mass is 162 g/mol. The van der Waals surface area contributed by atoms with Crippen LogP contribution in [0.3, 0.4) is 0 Å². The molecule has 1 N–H and O–H groups in total. The van der Waals surface area contributed by atoms with Gasteiger partial charge in [-0.25, -0.2) is 0 Å². The van der Waals surface area contributed by atoms with Crippen molar-refractivity contribution >= 4 is 0 Å². The largest absolute Gasteiger partial charge is 0.392 e. The van der Waals surface area contributed by atoms with Crippen molar-refractivity contribution in [1.82, 2.24) is 0 Å². The molecule has 1 heteroatoms. The summed E-state index contributed by atoms with van der Waals surface area (Å²) in [7, 11) is 0. The van der Waals surface area contributed by atoms with E-state index in [4.69, 9.17) is 5.11 Å². The number of aliphatic hydroxyl groups excluding tert-OH is 1. The van der Waals surface area contributed by atoms with Gasteiger partial charge in [-0.2, -0.15) is 0 Å². The molecule has 0 heterocycles. The number of benzene rings is 1. The van der Waals surface area contributed by atoms with Gasteiger partial charge in [0.15, 0.2) is 0 Å². The van der Waals surface area contributed by atoms with Gasteiger partial charge in [-0.3, -0.25) is 0 Å². The van der Waals surface area contributed by atoms with Crippen LogP contribution in [0.15, 0.2) is 42.5 Å². The molecule has 0 amide bonds. The van der Waals surface area contributed by atoms with E-state index in [1.165, 1.54) is 5.56 Å². The number of aliphatic hydroxyl groups is 1. The maximum atomic E-state index is 8.58. The molecule has 0 aromatic heterocycles. The topological polar surface area (TPSA) is 20.2 Å². The van der Waals surface area contributed by atoms with Crippen LogP contribution >= 0.6 is 0 Å². The van der Waals surface area contributed by atoms with Gasteiger partial charge in [0.25, 0.3) is 0 Å². The van der Waals surface area contributed by atoms with Gasteiger partial charge in [-0.05, 0) is 11.5 Å². The lowest BCUT2D eigenvalue weighted by Crippen LogP contribution is -1.88. The Balaban J connectivity index is 2.65. The van der Waals surface area contributed by atoms with Gasteiger partial charge in [-0.15, -0.1) is 0 Å². The van der Waals surface area contributed by atoms with Crippen molar-refractivity contribution in [2.45, 2.75) is 12.8 Å². The fraction of sp³-hybridized carbons (Fsp3) is 0.273. The van der Waals surface area contributed by atoms with Crippen molar-refractivity contribution in [2.24, 2.45) is 0 Å². The molecule has 0 saturated heterocycles. The molecule has 1 unspecified atom stereocenters. The van der Waals surface area contributed by atoms with Crippen LogP contribution in [0.4, 0.5) is 0 Å². The Labute approximate surface area is 73.4 Å². The second kappa shape index (κ2) is 4.73. The number of rotatable bonds is 3. The second-order valence-electron chi connectivity index (χ2n) is 2.81. The van der Waals surface area contributed by atoms with Crippen LogP contribution in [-0.2, 0) is 0 Å². The highest BCUT2D eigenvalue weighted by Gasteiger charge is 1.97. The highest BCUT2D eigenvalue weighted by Crippen LogP contribution is 2.15. The van der Waals surface area contributed by atoms with Crippen molar-refractivity contribution in [3.8, 4) is 0 Å². The van der Waals surface area contributed by atoms with Crippen molar-refractivity contribution in [1.29, 1.82) is 0 Å². The Morgan fingerprint density at radius 1 is 1.33 bits per heavy atom. The molecule has 1 aromatic carbocycles. The fourth-order valence-electron chi connectivity index (χ4n) is 1.13. The Morgan fingerprint density at radius 2 is 2.00 bits per heavy atom. The Morgan fingerprint density at radius 3 is 2.58 bits per heavy atom. The molecule has 1 atom stereocenters. The minimum Gasteiger partial charge on any atom is -0.392 e. The smallest absolute Gasteiger partial charge is 0.0612 e. The van der Waals surface area contributed by atoms with Crippen LogP contribution in [0.25, 0.3) is 0 Å². The zero-order chi connectivity index (χ0) is 8.81. The predicted octanol–water partition coefficient (Wildman–Crippen LogP) is 2.34. The van der Waals surface area contributed by atoms with Gasteiger partial charge < -0.3 is 5.11 Å². The summed E-state index contributed by atoms with van der Waals surface area (Å²) in [4.78, 5) is 0. The molecule has 0 aliphatic rings. The SMILES string of the molecule is CC(C=CCO)c1ccccc1. The summed E-state index contributed by atoms with van der Waals surface area (Å²) in [6, 6.07) is 10.2. The summed E-state index contributed by atoms with van der Waals surface area (Å²) >= 11 is 0. The van der Waals surface area contributed by atoms with E-state index in [1.54, 1.807) is 6.08 Å². The molecule has 1 aromatic rings. The van der Waals surface area contributed by atoms with Crippen molar-refractivity contribution in [3.63, 3.8) is 0 Å². The minimum absolute atomic E-state index is 0.122. The Bertz CT molecular complexity index is 238. The van der Waals surface area contributed by atoms with E-state index >= 15 is 0 Å². The zero-order valence-corrected chi connectivity index (χ0v) is 7.27. The van der Waals surface area contributed by atoms with Gasteiger partial charge >= 0.3 is 0 Å². The highest BCUT2D eigenvalue weighted by atomic mass is 16.2. The molecule has 0 saturated carbocycles. The first kappa shape index (κ1) is 9.01. The van der Waals surface area contributed by atoms with Crippen LogP contribution in [0.5, 0.6) is 0 Å². The summed E-state index contributed by atoms with van der Waals surface area (Å²) in [6.45, 7) is 2.23. The van der Waals surface area contributed by atoms with Gasteiger partial charge in [-0.1, -0.05) is 49.4 Å². The Hall–Kier alpha value is -1.08. The van der Waals surface area contributed by atoms with Gasteiger partial charge in [0.05, 0.1) is 6.61 Å². The van der Waals surface area contributed by atoms with Crippen LogP contribution in [0.1, 0.15) is 18.4 Å². The van der Waals surface area contributed by atoms with E-state index in [1.807, 2.05) is 24.3 Å². The summed E-state index contributed by atoms with van der Waals surface area (Å²) in [6.07, 6.45) is 3.78. The van der Waals surface area contributed by atoms with E-state index < -0.39 is 0 Å². The van der Waals surface area contributed by atoms with Gasteiger partial charge in [0.1, 0.15) is 0 Å². The molecule has 0 radical (unpaired) electrons. The number of hydrogen-bond donors (Lipinski definition) is 1. The summed E-state index contributed by atoms with van der Waals surface area (Å²) in [5, 5.41) is 8.58. The van der Waals surface area contributed by atoms with Gasteiger partial charge in [0, 0.05) is 0 Å². The third-order valence-electron chi connectivity index (χ3n) is 1.86. The van der Waals surface area contributed by atoms with Crippen LogP contribution < -0.4 is 0 Å². The van der Waals surface area contributed by atoms with Crippen molar-refractivity contribution < 1.29 is 5.11 Å². The standard InChI is InChI=1S/C11H14O/c1-10(6-5-9-12)11-7-3-2-4-8-11/h2-8,10,12H,9H2,1H3. The third-order valence-corrected chi connectivity index (χ3v) is 1.86. The third kappa shape index (κ3) is 2.51. The van der Waals surface area contributed by atoms with E-state index in [0.29, 0.717) is 5.92 Å². The fourth-order valence-corrected chi connectivity index (χ4v) is 1.13. The van der Waals surface area contributed by atoms with E-state index in [-0.39, 0.29) is 6.61 Å². The first-order valence-electron chi connectivity index (χ1n) is 4.17. The minimum atomic E-state index is 0.122. The lowest BCUT2D eigenvalue weighted by atomic mass is 10.0. The molecule has 12 heavy (non-hydrogen) atoms. The molecule has 0 spiro atoms. The summed E-state index contributed by atoms with van der Waals surface area (Å²) in [5.74, 6) is 0.387. The van der Waals surface area contributed by atoms with Crippen molar-refractivity contribution in [2.75, 3.05) is 6.61 Å². The van der Waals surface area contributed by atoms with Crippen LogP contribution in [-0.4, -0.2) is 11.7 Å². The molecule has 1 rings (SSSR count). The molecular formula is C11H14O. The maximum Gasteiger partial charge on any atom is 0.0612 e. The van der Waals surface area contributed by atoms with Crippen LogP contribution in [0, 0.1) is 0 Å². The molecular weight excluding hydrogens is 148 g/mol. The first-order chi connectivity index (χ1) is 5.84.